The lowest BCUT2D eigenvalue weighted by Crippen LogP contribution is -2.24. The molecule has 22 heavy (non-hydrogen) atoms. The van der Waals surface area contributed by atoms with Gasteiger partial charge in [0, 0.05) is 10.0 Å². The van der Waals surface area contributed by atoms with E-state index < -0.39 is 17.9 Å². The fraction of sp³-hybridized carbons (Fsp3) is 0.125. The Morgan fingerprint density at radius 3 is 2.41 bits per heavy atom. The number of carbonyl (C=O) groups excluding carboxylic acids is 2. The number of halogens is 3. The molecule has 0 radical (unpaired) electrons. The molecular formula is C16H11BrClFO3. The van der Waals surface area contributed by atoms with Crippen molar-refractivity contribution in [2.45, 2.75) is 13.0 Å². The van der Waals surface area contributed by atoms with Crippen LogP contribution in [0.1, 0.15) is 27.6 Å². The van der Waals surface area contributed by atoms with Crippen LogP contribution in [0.25, 0.3) is 0 Å². The Kier molecular flexibility index (Phi) is 5.32. The van der Waals surface area contributed by atoms with Crippen LogP contribution in [0.15, 0.2) is 46.9 Å². The van der Waals surface area contributed by atoms with E-state index in [1.807, 2.05) is 0 Å². The second-order valence-electron chi connectivity index (χ2n) is 4.54. The molecule has 114 valence electrons. The van der Waals surface area contributed by atoms with Gasteiger partial charge in [0.05, 0.1) is 10.6 Å². The summed E-state index contributed by atoms with van der Waals surface area (Å²) in [6, 6.07) is 10.0. The maximum absolute atomic E-state index is 13.0. The molecule has 0 aromatic heterocycles. The molecule has 0 saturated heterocycles. The van der Waals surface area contributed by atoms with E-state index >= 15 is 0 Å². The summed E-state index contributed by atoms with van der Waals surface area (Å²) in [6.07, 6.45) is -0.977. The van der Waals surface area contributed by atoms with Crippen molar-refractivity contribution in [1.82, 2.24) is 0 Å². The van der Waals surface area contributed by atoms with Crippen molar-refractivity contribution < 1.29 is 18.7 Å². The third-order valence-electron chi connectivity index (χ3n) is 2.93. The summed E-state index contributed by atoms with van der Waals surface area (Å²) in [5.41, 5.74) is 0.437. The molecule has 3 nitrogen and oxygen atoms in total. The van der Waals surface area contributed by atoms with Gasteiger partial charge in [-0.05, 0) is 37.3 Å². The number of ketones is 1. The first-order valence-electron chi connectivity index (χ1n) is 6.34. The molecule has 0 aliphatic heterocycles. The highest BCUT2D eigenvalue weighted by Crippen LogP contribution is 2.19. The summed E-state index contributed by atoms with van der Waals surface area (Å²) < 4.78 is 18.9. The summed E-state index contributed by atoms with van der Waals surface area (Å²) in [5.74, 6) is -1.66. The van der Waals surface area contributed by atoms with E-state index in [1.54, 1.807) is 24.3 Å². The van der Waals surface area contributed by atoms with Gasteiger partial charge in [-0.1, -0.05) is 39.7 Å². The SMILES string of the molecule is C[C@@H](OC(=O)c1ccc(F)cc1Cl)C(=O)c1ccc(Br)cc1. The predicted octanol–water partition coefficient (Wildman–Crippen LogP) is 4.67. The van der Waals surface area contributed by atoms with Crippen molar-refractivity contribution in [3.63, 3.8) is 0 Å². The molecule has 2 rings (SSSR count). The Morgan fingerprint density at radius 2 is 1.82 bits per heavy atom. The highest BCUT2D eigenvalue weighted by atomic mass is 79.9. The number of rotatable bonds is 4. The lowest BCUT2D eigenvalue weighted by Gasteiger charge is -2.13. The molecule has 0 saturated carbocycles. The minimum atomic E-state index is -0.977. The maximum Gasteiger partial charge on any atom is 0.340 e. The van der Waals surface area contributed by atoms with E-state index in [9.17, 15) is 14.0 Å². The van der Waals surface area contributed by atoms with Crippen molar-refractivity contribution in [2.75, 3.05) is 0 Å². The van der Waals surface area contributed by atoms with Gasteiger partial charge in [-0.2, -0.15) is 0 Å². The monoisotopic (exact) mass is 384 g/mol. The number of ether oxygens (including phenoxy) is 1. The molecular weight excluding hydrogens is 375 g/mol. The maximum atomic E-state index is 13.0. The number of hydrogen-bond acceptors (Lipinski definition) is 3. The van der Waals surface area contributed by atoms with E-state index in [0.717, 1.165) is 16.6 Å². The number of esters is 1. The van der Waals surface area contributed by atoms with Gasteiger partial charge >= 0.3 is 5.97 Å². The summed E-state index contributed by atoms with van der Waals surface area (Å²) >= 11 is 9.07. The first-order chi connectivity index (χ1) is 10.4. The molecule has 0 fully saturated rings. The van der Waals surface area contributed by atoms with E-state index in [4.69, 9.17) is 16.3 Å². The smallest absolute Gasteiger partial charge is 0.340 e. The molecule has 0 bridgehead atoms. The first-order valence-corrected chi connectivity index (χ1v) is 7.51. The van der Waals surface area contributed by atoms with Crippen molar-refractivity contribution >= 4 is 39.3 Å². The summed E-state index contributed by atoms with van der Waals surface area (Å²) in [6.45, 7) is 1.47. The van der Waals surface area contributed by atoms with Gasteiger partial charge in [-0.25, -0.2) is 9.18 Å². The van der Waals surface area contributed by atoms with Crippen molar-refractivity contribution in [3.05, 3.63) is 68.9 Å². The predicted molar refractivity (Wildman–Crippen MR) is 84.8 cm³/mol. The third kappa shape index (κ3) is 3.93. The average Bonchev–Trinajstić information content (AvgIpc) is 2.47. The van der Waals surface area contributed by atoms with Gasteiger partial charge in [0.25, 0.3) is 0 Å². The van der Waals surface area contributed by atoms with Crippen LogP contribution in [0.5, 0.6) is 0 Å². The van der Waals surface area contributed by atoms with Gasteiger partial charge in [0.2, 0.25) is 5.78 Å². The Balaban J connectivity index is 2.10. The quantitative estimate of drug-likeness (QED) is 0.567. The average molecular weight is 386 g/mol. The minimum Gasteiger partial charge on any atom is -0.451 e. The molecule has 2 aromatic rings. The second-order valence-corrected chi connectivity index (χ2v) is 5.87. The largest absolute Gasteiger partial charge is 0.451 e. The van der Waals surface area contributed by atoms with Crippen molar-refractivity contribution in [1.29, 1.82) is 0 Å². The Labute approximate surface area is 140 Å². The molecule has 6 heteroatoms. The number of hydrogen-bond donors (Lipinski definition) is 0. The molecule has 0 spiro atoms. The van der Waals surface area contributed by atoms with Crippen LogP contribution in [0, 0.1) is 5.82 Å². The zero-order valence-electron chi connectivity index (χ0n) is 11.5. The van der Waals surface area contributed by atoms with Crippen LogP contribution in [0.2, 0.25) is 5.02 Å². The molecule has 0 unspecified atom stereocenters. The van der Waals surface area contributed by atoms with Crippen molar-refractivity contribution in [2.24, 2.45) is 0 Å². The van der Waals surface area contributed by atoms with Gasteiger partial charge in [-0.3, -0.25) is 4.79 Å². The van der Waals surface area contributed by atoms with Gasteiger partial charge in [0.1, 0.15) is 5.82 Å². The van der Waals surface area contributed by atoms with Crippen LogP contribution >= 0.6 is 27.5 Å². The summed E-state index contributed by atoms with van der Waals surface area (Å²) in [5, 5.41) is -0.0618. The van der Waals surface area contributed by atoms with Crippen molar-refractivity contribution in [3.8, 4) is 0 Å². The standard InChI is InChI=1S/C16H11BrClFO3/c1-9(15(20)10-2-4-11(17)5-3-10)22-16(21)13-7-6-12(19)8-14(13)18/h2-9H,1H3/t9-/m1/s1. The fourth-order valence-electron chi connectivity index (χ4n) is 1.78. The van der Waals surface area contributed by atoms with Crippen LogP contribution in [0.4, 0.5) is 4.39 Å². The Morgan fingerprint density at radius 1 is 1.18 bits per heavy atom. The molecule has 0 aliphatic carbocycles. The second kappa shape index (κ2) is 7.03. The minimum absolute atomic E-state index is 0.0125. The lowest BCUT2D eigenvalue weighted by molar-refractivity contribution is 0.0319. The molecule has 2 aromatic carbocycles. The highest BCUT2D eigenvalue weighted by Gasteiger charge is 2.21. The van der Waals surface area contributed by atoms with E-state index in [1.165, 1.54) is 13.0 Å². The molecule has 1 atom stereocenters. The highest BCUT2D eigenvalue weighted by molar-refractivity contribution is 9.10. The lowest BCUT2D eigenvalue weighted by atomic mass is 10.1. The zero-order chi connectivity index (χ0) is 16.3. The zero-order valence-corrected chi connectivity index (χ0v) is 13.8. The normalized spacial score (nSPS) is 11.8. The van der Waals surface area contributed by atoms with E-state index in [2.05, 4.69) is 15.9 Å². The fourth-order valence-corrected chi connectivity index (χ4v) is 2.29. The Hall–Kier alpha value is -1.72. The first kappa shape index (κ1) is 16.6. The van der Waals surface area contributed by atoms with Gasteiger partial charge in [0.15, 0.2) is 6.10 Å². The molecule has 0 amide bonds. The van der Waals surface area contributed by atoms with E-state index in [0.29, 0.717) is 5.56 Å². The number of carbonyl (C=O) groups is 2. The molecule has 0 aliphatic rings. The third-order valence-corrected chi connectivity index (χ3v) is 3.77. The Bertz CT molecular complexity index is 716. The summed E-state index contributed by atoms with van der Waals surface area (Å²) in [4.78, 5) is 24.2. The number of Topliss-reactive ketones (excluding diaryl/α,β-unsaturated/α-hetero) is 1. The van der Waals surface area contributed by atoms with E-state index in [-0.39, 0.29) is 16.4 Å². The number of benzene rings is 2. The van der Waals surface area contributed by atoms with Crippen LogP contribution in [0.3, 0.4) is 0 Å². The molecule has 0 heterocycles. The van der Waals surface area contributed by atoms with Gasteiger partial charge < -0.3 is 4.74 Å². The van der Waals surface area contributed by atoms with Gasteiger partial charge in [-0.15, -0.1) is 0 Å². The van der Waals surface area contributed by atoms with Crippen LogP contribution in [-0.4, -0.2) is 17.9 Å². The topological polar surface area (TPSA) is 43.4 Å². The summed E-state index contributed by atoms with van der Waals surface area (Å²) in [7, 11) is 0. The van der Waals surface area contributed by atoms with Crippen LogP contribution < -0.4 is 0 Å². The molecule has 0 N–H and O–H groups in total. The van der Waals surface area contributed by atoms with Crippen LogP contribution in [-0.2, 0) is 4.74 Å².